The summed E-state index contributed by atoms with van der Waals surface area (Å²) in [4.78, 5) is 0. The van der Waals surface area contributed by atoms with Crippen LogP contribution in [0.1, 0.15) is 61.3 Å². The molecule has 0 rings (SSSR count). The van der Waals surface area contributed by atoms with Crippen molar-refractivity contribution in [1.82, 2.24) is 0 Å². The van der Waals surface area contributed by atoms with Gasteiger partial charge in [0.25, 0.3) is 0 Å². The van der Waals surface area contributed by atoms with Crippen molar-refractivity contribution in [2.24, 2.45) is 0 Å². The van der Waals surface area contributed by atoms with Gasteiger partial charge in [-0.15, -0.1) is 19.7 Å². The molecule has 0 heteroatoms. The van der Waals surface area contributed by atoms with E-state index >= 15 is 0 Å². The van der Waals surface area contributed by atoms with Crippen LogP contribution in [0.4, 0.5) is 0 Å². The Morgan fingerprint density at radius 2 is 0.600 bits per heavy atom. The van der Waals surface area contributed by atoms with Crippen LogP contribution in [-0.2, 0) is 0 Å². The van der Waals surface area contributed by atoms with Crippen LogP contribution in [0.2, 0.25) is 0 Å². The van der Waals surface area contributed by atoms with E-state index in [2.05, 4.69) is 47.4 Å². The Kier molecular flexibility index (Phi) is 216. The Morgan fingerprint density at radius 3 is 0.600 bits per heavy atom. The minimum atomic E-state index is 1.25. The average Bonchev–Trinajstić information content (AvgIpc) is 2.09. The van der Waals surface area contributed by atoms with Gasteiger partial charge in [-0.3, -0.25) is 0 Å². The minimum Gasteiger partial charge on any atom is -0.103 e. The van der Waals surface area contributed by atoms with Gasteiger partial charge in [-0.05, 0) is 20.8 Å². The van der Waals surface area contributed by atoms with Crippen LogP contribution in [-0.4, -0.2) is 0 Å². The summed E-state index contributed by atoms with van der Waals surface area (Å²) in [6, 6.07) is 0. The molecule has 0 spiro atoms. The van der Waals surface area contributed by atoms with E-state index in [0.717, 1.165) is 0 Å². The zero-order valence-corrected chi connectivity index (χ0v) is 12.3. The van der Waals surface area contributed by atoms with Crippen molar-refractivity contribution >= 4 is 0 Å². The van der Waals surface area contributed by atoms with Crippen molar-refractivity contribution in [2.45, 2.75) is 61.3 Å². The van der Waals surface area contributed by atoms with E-state index in [9.17, 15) is 0 Å². The molecule has 15 heavy (non-hydrogen) atoms. The first-order valence-corrected chi connectivity index (χ1v) is 5.79. The fourth-order valence-electron chi connectivity index (χ4n) is 0. The van der Waals surface area contributed by atoms with Crippen molar-refractivity contribution in [2.75, 3.05) is 0 Å². The summed E-state index contributed by atoms with van der Waals surface area (Å²) in [6.07, 6.45) is 7.75. The van der Waals surface area contributed by atoms with E-state index in [1.54, 1.807) is 18.2 Å². The summed E-state index contributed by atoms with van der Waals surface area (Å²) in [7, 11) is 0. The van der Waals surface area contributed by atoms with Gasteiger partial charge in [0.05, 0.1) is 0 Å². The van der Waals surface area contributed by atoms with Crippen LogP contribution in [0.25, 0.3) is 0 Å². The Hall–Kier alpha value is -0.780. The van der Waals surface area contributed by atoms with Crippen molar-refractivity contribution < 1.29 is 0 Å². The first-order valence-electron chi connectivity index (χ1n) is 5.79. The highest BCUT2D eigenvalue weighted by atomic mass is 13.4. The smallest absolute Gasteiger partial charge is 0.0473 e. The first kappa shape index (κ1) is 29.2. The monoisotopic (exact) mass is 214 g/mol. The lowest BCUT2D eigenvalue weighted by Crippen LogP contribution is -1.27. The predicted molar refractivity (Wildman–Crippen MR) is 79.5 cm³/mol. The molecule has 0 unspecified atom stereocenters. The fourth-order valence-corrected chi connectivity index (χ4v) is 0. The van der Waals surface area contributed by atoms with Crippen molar-refractivity contribution in [3.05, 3.63) is 38.0 Å². The summed E-state index contributed by atoms with van der Waals surface area (Å²) in [5, 5.41) is 0. The highest BCUT2D eigenvalue weighted by molar-refractivity contribution is 4.52. The molecule has 0 aliphatic rings. The van der Waals surface area contributed by atoms with Crippen LogP contribution >= 0.6 is 0 Å². The van der Waals surface area contributed by atoms with Gasteiger partial charge in [0.2, 0.25) is 0 Å². The summed E-state index contributed by atoms with van der Waals surface area (Å²) in [5.41, 5.74) is 0. The van der Waals surface area contributed by atoms with E-state index < -0.39 is 0 Å². The predicted octanol–water partition coefficient (Wildman–Crippen LogP) is 6.41. The molecule has 0 aliphatic heterocycles. The van der Waals surface area contributed by atoms with Crippen molar-refractivity contribution in [1.29, 1.82) is 0 Å². The standard InChI is InChI=1S/2C3H8.3C3H6/c5*1-3-2/h2*3H2,1-2H3;3*3H,1H2,2H3. The number of allylic oxidation sites excluding steroid dienone is 3. The molecule has 0 fully saturated rings. The van der Waals surface area contributed by atoms with Gasteiger partial charge in [0.15, 0.2) is 0 Å². The fraction of sp³-hybridized carbons (Fsp3) is 0.600. The van der Waals surface area contributed by atoms with Crippen LogP contribution in [0.15, 0.2) is 38.0 Å². The number of rotatable bonds is 0. The third-order valence-electron chi connectivity index (χ3n) is 0. The Labute approximate surface area is 99.8 Å². The summed E-state index contributed by atoms with van der Waals surface area (Å²) in [6.45, 7) is 24.2. The largest absolute Gasteiger partial charge is 0.103 e. The lowest BCUT2D eigenvalue weighted by atomic mass is 10.6. The van der Waals surface area contributed by atoms with E-state index in [1.807, 2.05) is 20.8 Å². The molecular weight excluding hydrogens is 180 g/mol. The van der Waals surface area contributed by atoms with E-state index in [-0.39, 0.29) is 0 Å². The molecular formula is C15H34. The molecule has 0 aromatic rings. The summed E-state index contributed by atoms with van der Waals surface area (Å²) >= 11 is 0. The maximum atomic E-state index is 3.36. The molecule has 0 atom stereocenters. The molecule has 0 aromatic heterocycles. The summed E-state index contributed by atoms with van der Waals surface area (Å²) in [5.74, 6) is 0. The molecule has 0 aliphatic carbocycles. The van der Waals surface area contributed by atoms with Crippen LogP contribution < -0.4 is 0 Å². The molecule has 0 saturated heterocycles. The van der Waals surface area contributed by atoms with Crippen LogP contribution in [0.5, 0.6) is 0 Å². The van der Waals surface area contributed by atoms with Crippen molar-refractivity contribution in [3.63, 3.8) is 0 Å². The Bertz CT molecular complexity index is 53.8. The van der Waals surface area contributed by atoms with Gasteiger partial charge in [-0.2, -0.15) is 0 Å². The number of hydrogen-bond donors (Lipinski definition) is 0. The quantitative estimate of drug-likeness (QED) is 0.409. The SMILES string of the molecule is C=CC.C=CC.C=CC.CCC.CCC. The Balaban J connectivity index is -0.0000000278. The molecule has 0 N–H and O–H groups in total. The number of hydrogen-bond acceptors (Lipinski definition) is 0. The molecule has 0 heterocycles. The third-order valence-corrected chi connectivity index (χ3v) is 0. The molecule has 0 amide bonds. The zero-order valence-electron chi connectivity index (χ0n) is 12.3. The second kappa shape index (κ2) is 111. The highest BCUT2D eigenvalue weighted by Gasteiger charge is 1.36. The summed E-state index contributed by atoms with van der Waals surface area (Å²) < 4.78 is 0. The topological polar surface area (TPSA) is 0 Å². The lowest BCUT2D eigenvalue weighted by molar-refractivity contribution is 1.09. The average molecular weight is 214 g/mol. The van der Waals surface area contributed by atoms with Crippen molar-refractivity contribution in [3.8, 4) is 0 Å². The maximum absolute atomic E-state index is 3.36. The minimum absolute atomic E-state index is 1.25. The maximum Gasteiger partial charge on any atom is -0.0473 e. The van der Waals surface area contributed by atoms with E-state index in [0.29, 0.717) is 0 Å². The van der Waals surface area contributed by atoms with Crippen LogP contribution in [0, 0.1) is 0 Å². The van der Waals surface area contributed by atoms with Gasteiger partial charge in [0, 0.05) is 0 Å². The van der Waals surface area contributed by atoms with Gasteiger partial charge in [-0.1, -0.05) is 58.8 Å². The second-order valence-corrected chi connectivity index (χ2v) is 2.64. The molecule has 0 radical (unpaired) electrons. The van der Waals surface area contributed by atoms with Gasteiger partial charge in [-0.25, -0.2) is 0 Å². The first-order chi connectivity index (χ1) is 7.07. The normalized spacial score (nSPS) is 5.00. The second-order valence-electron chi connectivity index (χ2n) is 2.64. The van der Waals surface area contributed by atoms with Gasteiger partial charge >= 0.3 is 0 Å². The van der Waals surface area contributed by atoms with E-state index in [1.165, 1.54) is 12.8 Å². The molecule has 0 nitrogen and oxygen atoms in total. The van der Waals surface area contributed by atoms with Gasteiger partial charge < -0.3 is 0 Å². The lowest BCUT2D eigenvalue weighted by Gasteiger charge is -1.48. The third kappa shape index (κ3) is 2740. The Morgan fingerprint density at radius 1 is 0.600 bits per heavy atom. The van der Waals surface area contributed by atoms with Gasteiger partial charge in [0.1, 0.15) is 0 Å². The highest BCUT2D eigenvalue weighted by Crippen LogP contribution is 1.56. The molecule has 0 bridgehead atoms. The molecule has 0 aromatic carbocycles. The molecule has 94 valence electrons. The molecule has 0 saturated carbocycles. The van der Waals surface area contributed by atoms with Crippen LogP contribution in [0.3, 0.4) is 0 Å². The van der Waals surface area contributed by atoms with E-state index in [4.69, 9.17) is 0 Å². The zero-order chi connectivity index (χ0) is 13.5.